The summed E-state index contributed by atoms with van der Waals surface area (Å²) in [6.45, 7) is 7.80. The molecule has 0 aromatic carbocycles. The smallest absolute Gasteiger partial charge is 0.182 e. The van der Waals surface area contributed by atoms with Gasteiger partial charge in [0, 0.05) is 0 Å². The van der Waals surface area contributed by atoms with E-state index >= 15 is 0 Å². The number of aromatic nitrogens is 4. The number of anilines is 1. The Balaban J connectivity index is 2.43. The lowest BCUT2D eigenvalue weighted by atomic mass is 10.1. The van der Waals surface area contributed by atoms with E-state index in [1.165, 1.54) is 6.33 Å². The lowest BCUT2D eigenvalue weighted by molar-refractivity contribution is 0.710. The predicted molar refractivity (Wildman–Crippen MR) is 59.6 cm³/mol. The average molecular weight is 203 g/mol. The van der Waals surface area contributed by atoms with Crippen molar-refractivity contribution in [2.24, 2.45) is 0 Å². The Bertz CT molecular complexity index is 485. The zero-order valence-corrected chi connectivity index (χ0v) is 8.78. The average Bonchev–Trinajstić information content (AvgIpc) is 2.66. The zero-order chi connectivity index (χ0) is 10.9. The minimum absolute atomic E-state index is 0.216. The summed E-state index contributed by atoms with van der Waals surface area (Å²) in [6.07, 6.45) is 4.92. The molecule has 2 aromatic heterocycles. The molecule has 0 bridgehead atoms. The molecule has 0 unspecified atom stereocenters. The summed E-state index contributed by atoms with van der Waals surface area (Å²) in [6, 6.07) is 0. The minimum atomic E-state index is -0.216. The van der Waals surface area contributed by atoms with Gasteiger partial charge in [0.15, 0.2) is 11.5 Å². The van der Waals surface area contributed by atoms with Gasteiger partial charge in [0.2, 0.25) is 0 Å². The maximum atomic E-state index is 4.17. The lowest BCUT2D eigenvalue weighted by Gasteiger charge is -2.22. The third kappa shape index (κ3) is 1.81. The Kier molecular flexibility index (Phi) is 2.15. The molecular formula is C10H13N5. The second-order valence-electron chi connectivity index (χ2n) is 3.87. The molecule has 0 aliphatic heterocycles. The van der Waals surface area contributed by atoms with Gasteiger partial charge in [-0.1, -0.05) is 6.08 Å². The topological polar surface area (TPSA) is 66.5 Å². The van der Waals surface area contributed by atoms with Gasteiger partial charge in [-0.2, -0.15) is 0 Å². The van der Waals surface area contributed by atoms with E-state index in [1.54, 1.807) is 6.33 Å². The zero-order valence-electron chi connectivity index (χ0n) is 8.78. The van der Waals surface area contributed by atoms with Gasteiger partial charge in [-0.15, -0.1) is 6.58 Å². The van der Waals surface area contributed by atoms with E-state index in [0.717, 1.165) is 11.3 Å². The first kappa shape index (κ1) is 9.64. The number of fused-ring (bicyclic) bond motifs is 1. The number of rotatable bonds is 3. The fourth-order valence-corrected chi connectivity index (χ4v) is 1.22. The Morgan fingerprint density at radius 2 is 2.20 bits per heavy atom. The highest BCUT2D eigenvalue weighted by molar-refractivity contribution is 5.82. The molecule has 78 valence electrons. The summed E-state index contributed by atoms with van der Waals surface area (Å²) < 4.78 is 0. The van der Waals surface area contributed by atoms with E-state index in [-0.39, 0.29) is 5.54 Å². The summed E-state index contributed by atoms with van der Waals surface area (Å²) in [7, 11) is 0. The summed E-state index contributed by atoms with van der Waals surface area (Å²) in [5, 5.41) is 3.26. The van der Waals surface area contributed by atoms with Crippen LogP contribution in [0.1, 0.15) is 13.8 Å². The van der Waals surface area contributed by atoms with E-state index in [0.29, 0.717) is 5.65 Å². The Labute approximate surface area is 87.7 Å². The molecule has 15 heavy (non-hydrogen) atoms. The second-order valence-corrected chi connectivity index (χ2v) is 3.87. The molecule has 0 amide bonds. The highest BCUT2D eigenvalue weighted by atomic mass is 15.1. The van der Waals surface area contributed by atoms with Crippen LogP contribution in [0.2, 0.25) is 0 Å². The standard InChI is InChI=1S/C10H13N5/c1-4-10(2,3)15-9-7-8(12-5-11-7)13-6-14-9/h4-6H,1H2,2-3H3,(H2,11,12,13,14,15). The van der Waals surface area contributed by atoms with Crippen LogP contribution in [-0.2, 0) is 0 Å². The van der Waals surface area contributed by atoms with E-state index in [2.05, 4.69) is 31.8 Å². The number of nitrogens with one attached hydrogen (secondary N) is 2. The summed E-state index contributed by atoms with van der Waals surface area (Å²) in [4.78, 5) is 15.3. The largest absolute Gasteiger partial charge is 0.360 e. The minimum Gasteiger partial charge on any atom is -0.360 e. The molecule has 2 rings (SSSR count). The lowest BCUT2D eigenvalue weighted by Crippen LogP contribution is -2.28. The van der Waals surface area contributed by atoms with Crippen molar-refractivity contribution in [3.05, 3.63) is 25.3 Å². The highest BCUT2D eigenvalue weighted by Gasteiger charge is 2.15. The first-order valence-corrected chi connectivity index (χ1v) is 4.68. The van der Waals surface area contributed by atoms with Crippen LogP contribution in [0.15, 0.2) is 25.3 Å². The third-order valence-electron chi connectivity index (χ3n) is 2.17. The quantitative estimate of drug-likeness (QED) is 0.745. The van der Waals surface area contributed by atoms with Crippen LogP contribution >= 0.6 is 0 Å². The monoisotopic (exact) mass is 203 g/mol. The molecule has 0 atom stereocenters. The Morgan fingerprint density at radius 3 is 2.93 bits per heavy atom. The molecule has 0 aliphatic rings. The van der Waals surface area contributed by atoms with Crippen LogP contribution in [0.5, 0.6) is 0 Å². The van der Waals surface area contributed by atoms with Gasteiger partial charge < -0.3 is 10.3 Å². The molecule has 0 fully saturated rings. The molecule has 2 N–H and O–H groups in total. The number of H-pyrrole nitrogens is 1. The Morgan fingerprint density at radius 1 is 1.40 bits per heavy atom. The van der Waals surface area contributed by atoms with Crippen molar-refractivity contribution in [2.45, 2.75) is 19.4 Å². The van der Waals surface area contributed by atoms with Crippen LogP contribution in [0.4, 0.5) is 5.82 Å². The molecule has 0 saturated heterocycles. The number of imidazole rings is 1. The van der Waals surface area contributed by atoms with Crippen LogP contribution < -0.4 is 5.32 Å². The van der Waals surface area contributed by atoms with E-state index < -0.39 is 0 Å². The fraction of sp³-hybridized carbons (Fsp3) is 0.300. The molecule has 2 aromatic rings. The first-order valence-electron chi connectivity index (χ1n) is 4.68. The van der Waals surface area contributed by atoms with Gasteiger partial charge >= 0.3 is 0 Å². The maximum absolute atomic E-state index is 4.17. The number of hydrogen-bond donors (Lipinski definition) is 2. The Hall–Kier alpha value is -1.91. The maximum Gasteiger partial charge on any atom is 0.182 e. The molecule has 2 heterocycles. The van der Waals surface area contributed by atoms with Gasteiger partial charge in [0.05, 0.1) is 11.9 Å². The van der Waals surface area contributed by atoms with Crippen molar-refractivity contribution in [1.82, 2.24) is 19.9 Å². The van der Waals surface area contributed by atoms with E-state index in [9.17, 15) is 0 Å². The van der Waals surface area contributed by atoms with Gasteiger partial charge in [0.1, 0.15) is 11.8 Å². The molecular weight excluding hydrogens is 190 g/mol. The fourth-order valence-electron chi connectivity index (χ4n) is 1.22. The number of nitrogens with zero attached hydrogens (tertiary/aromatic N) is 3. The SMILES string of the molecule is C=CC(C)(C)Nc1ncnc2nc[nH]c12. The molecule has 0 spiro atoms. The van der Waals surface area contributed by atoms with Crippen LogP contribution in [0, 0.1) is 0 Å². The highest BCUT2D eigenvalue weighted by Crippen LogP contribution is 2.19. The van der Waals surface area contributed by atoms with Crippen molar-refractivity contribution in [2.75, 3.05) is 5.32 Å². The van der Waals surface area contributed by atoms with Gasteiger partial charge in [-0.3, -0.25) is 0 Å². The van der Waals surface area contributed by atoms with Gasteiger partial charge in [-0.05, 0) is 13.8 Å². The van der Waals surface area contributed by atoms with Gasteiger partial charge in [-0.25, -0.2) is 15.0 Å². The second kappa shape index (κ2) is 3.34. The molecule has 0 radical (unpaired) electrons. The first-order chi connectivity index (χ1) is 7.12. The van der Waals surface area contributed by atoms with Crippen molar-refractivity contribution < 1.29 is 0 Å². The molecule has 5 heteroatoms. The number of hydrogen-bond acceptors (Lipinski definition) is 4. The summed E-state index contributed by atoms with van der Waals surface area (Å²) >= 11 is 0. The van der Waals surface area contributed by atoms with Crippen LogP contribution in [0.3, 0.4) is 0 Å². The van der Waals surface area contributed by atoms with Crippen molar-refractivity contribution in [3.63, 3.8) is 0 Å². The molecule has 0 aliphatic carbocycles. The predicted octanol–water partition coefficient (Wildman–Crippen LogP) is 1.73. The van der Waals surface area contributed by atoms with Crippen molar-refractivity contribution >= 4 is 17.0 Å². The third-order valence-corrected chi connectivity index (χ3v) is 2.17. The van der Waals surface area contributed by atoms with Gasteiger partial charge in [0.25, 0.3) is 0 Å². The van der Waals surface area contributed by atoms with Crippen molar-refractivity contribution in [3.8, 4) is 0 Å². The van der Waals surface area contributed by atoms with Crippen molar-refractivity contribution in [1.29, 1.82) is 0 Å². The summed E-state index contributed by atoms with van der Waals surface area (Å²) in [5.74, 6) is 0.738. The van der Waals surface area contributed by atoms with Crippen LogP contribution in [-0.4, -0.2) is 25.5 Å². The van der Waals surface area contributed by atoms with Crippen LogP contribution in [0.25, 0.3) is 11.2 Å². The summed E-state index contributed by atoms with van der Waals surface area (Å²) in [5.41, 5.74) is 1.26. The molecule has 0 saturated carbocycles. The number of aromatic amines is 1. The van der Waals surface area contributed by atoms with E-state index in [4.69, 9.17) is 0 Å². The normalized spacial score (nSPS) is 11.6. The molecule has 5 nitrogen and oxygen atoms in total. The van der Waals surface area contributed by atoms with E-state index in [1.807, 2.05) is 19.9 Å².